The molecule has 2 saturated heterocycles. The topological polar surface area (TPSA) is 77.9 Å². The van der Waals surface area contributed by atoms with Crippen molar-refractivity contribution in [3.05, 3.63) is 0 Å². The zero-order valence-corrected chi connectivity index (χ0v) is 13.8. The number of aliphatic carboxylic acids is 1. The number of rotatable bonds is 5. The molecule has 0 aromatic rings. The number of thioether (sulfide) groups is 1. The molecule has 0 aromatic heterocycles. The van der Waals surface area contributed by atoms with Crippen LogP contribution >= 0.6 is 11.8 Å². The van der Waals surface area contributed by atoms with Crippen molar-refractivity contribution in [1.82, 2.24) is 9.80 Å². The maximum atomic E-state index is 12.9. The van der Waals surface area contributed by atoms with Gasteiger partial charge in [-0.25, -0.2) is 0 Å². The van der Waals surface area contributed by atoms with Gasteiger partial charge in [0.05, 0.1) is 5.88 Å². The zero-order chi connectivity index (χ0) is 16.1. The Morgan fingerprint density at radius 1 is 1.23 bits per heavy atom. The van der Waals surface area contributed by atoms with Crippen LogP contribution in [0.25, 0.3) is 0 Å². The van der Waals surface area contributed by atoms with E-state index in [1.165, 1.54) is 0 Å². The molecule has 0 aliphatic carbocycles. The van der Waals surface area contributed by atoms with Crippen molar-refractivity contribution in [3.63, 3.8) is 0 Å². The summed E-state index contributed by atoms with van der Waals surface area (Å²) in [4.78, 5) is 39.1. The van der Waals surface area contributed by atoms with Crippen LogP contribution in [0.1, 0.15) is 45.4 Å². The van der Waals surface area contributed by atoms with Crippen molar-refractivity contribution < 1.29 is 19.5 Å². The number of carboxylic acid groups (broad SMARTS) is 1. The molecular weight excluding hydrogens is 304 g/mol. The molecule has 6 nitrogen and oxygen atoms in total. The Balaban J connectivity index is 2.04. The van der Waals surface area contributed by atoms with Gasteiger partial charge in [-0.15, -0.1) is 11.8 Å². The number of carbonyl (C=O) groups excluding carboxylic acids is 2. The van der Waals surface area contributed by atoms with Gasteiger partial charge in [0.1, 0.15) is 6.04 Å². The van der Waals surface area contributed by atoms with Gasteiger partial charge < -0.3 is 14.9 Å². The van der Waals surface area contributed by atoms with Gasteiger partial charge >= 0.3 is 5.97 Å². The first-order valence-corrected chi connectivity index (χ1v) is 9.09. The van der Waals surface area contributed by atoms with Gasteiger partial charge in [-0.05, 0) is 25.7 Å². The Kier molecular flexibility index (Phi) is 6.11. The first-order valence-electron chi connectivity index (χ1n) is 7.94. The Morgan fingerprint density at radius 3 is 2.68 bits per heavy atom. The summed E-state index contributed by atoms with van der Waals surface area (Å²) in [6, 6.07) is -0.371. The highest BCUT2D eigenvalue weighted by atomic mass is 32.2. The lowest BCUT2D eigenvalue weighted by Gasteiger charge is -2.38. The van der Waals surface area contributed by atoms with Crippen molar-refractivity contribution in [2.75, 3.05) is 18.2 Å². The molecule has 0 bridgehead atoms. The fourth-order valence-electron chi connectivity index (χ4n) is 3.17. The number of carboxylic acids is 1. The highest BCUT2D eigenvalue weighted by Crippen LogP contribution is 2.27. The first-order chi connectivity index (χ1) is 10.5. The third-order valence-corrected chi connectivity index (χ3v) is 5.40. The third kappa shape index (κ3) is 3.94. The summed E-state index contributed by atoms with van der Waals surface area (Å²) in [5.74, 6) is 0.421. The van der Waals surface area contributed by atoms with E-state index in [1.807, 2.05) is 11.8 Å². The fraction of sp³-hybridized carbons (Fsp3) is 0.800. The maximum absolute atomic E-state index is 12.9. The maximum Gasteiger partial charge on any atom is 0.303 e. The highest BCUT2D eigenvalue weighted by Gasteiger charge is 2.39. The molecule has 2 atom stereocenters. The predicted octanol–water partition coefficient (Wildman–Crippen LogP) is 1.54. The molecule has 0 spiro atoms. The van der Waals surface area contributed by atoms with E-state index >= 15 is 0 Å². The molecule has 2 rings (SSSR count). The zero-order valence-electron chi connectivity index (χ0n) is 13.0. The molecule has 124 valence electrons. The second kappa shape index (κ2) is 7.85. The lowest BCUT2D eigenvalue weighted by molar-refractivity contribution is -0.146. The largest absolute Gasteiger partial charge is 0.481 e. The first kappa shape index (κ1) is 17.1. The van der Waals surface area contributed by atoms with Gasteiger partial charge in [-0.1, -0.05) is 6.92 Å². The minimum atomic E-state index is -0.822. The Hall–Kier alpha value is -1.24. The molecule has 2 aliphatic heterocycles. The van der Waals surface area contributed by atoms with Crippen molar-refractivity contribution in [3.8, 4) is 0 Å². The molecule has 1 N–H and O–H groups in total. The van der Waals surface area contributed by atoms with Crippen LogP contribution < -0.4 is 0 Å². The average Bonchev–Trinajstić information content (AvgIpc) is 3.01. The van der Waals surface area contributed by atoms with Crippen LogP contribution in [0.3, 0.4) is 0 Å². The van der Waals surface area contributed by atoms with Crippen LogP contribution in [0.15, 0.2) is 0 Å². The van der Waals surface area contributed by atoms with Crippen LogP contribution in [0, 0.1) is 0 Å². The Bertz CT molecular complexity index is 443. The summed E-state index contributed by atoms with van der Waals surface area (Å²) in [6.07, 6.45) is 3.85. The minimum Gasteiger partial charge on any atom is -0.481 e. The summed E-state index contributed by atoms with van der Waals surface area (Å²) in [5, 5.41) is 8.87. The van der Waals surface area contributed by atoms with Gasteiger partial charge in [0, 0.05) is 31.2 Å². The number of likely N-dealkylation sites (tertiary alicyclic amines) is 1. The van der Waals surface area contributed by atoms with Crippen molar-refractivity contribution >= 4 is 29.5 Å². The number of nitrogens with zero attached hydrogens (tertiary/aromatic N) is 2. The van der Waals surface area contributed by atoms with Crippen molar-refractivity contribution in [1.29, 1.82) is 0 Å². The monoisotopic (exact) mass is 328 g/mol. The SMILES string of the molecule is CCC(=O)N1CSCC1C(=O)N1CCCCC1CCC(=O)O. The average molecular weight is 328 g/mol. The van der Waals surface area contributed by atoms with Crippen molar-refractivity contribution in [2.45, 2.75) is 57.5 Å². The highest BCUT2D eigenvalue weighted by molar-refractivity contribution is 7.99. The van der Waals surface area contributed by atoms with Gasteiger partial charge in [0.15, 0.2) is 0 Å². The summed E-state index contributed by atoms with van der Waals surface area (Å²) >= 11 is 1.61. The number of hydrogen-bond acceptors (Lipinski definition) is 4. The Labute approximate surface area is 135 Å². The number of hydrogen-bond donors (Lipinski definition) is 1. The van der Waals surface area contributed by atoms with Gasteiger partial charge in [-0.3, -0.25) is 14.4 Å². The molecule has 0 saturated carbocycles. The molecule has 2 heterocycles. The summed E-state index contributed by atoms with van der Waals surface area (Å²) in [5.41, 5.74) is 0. The smallest absolute Gasteiger partial charge is 0.303 e. The lowest BCUT2D eigenvalue weighted by Crippen LogP contribution is -2.53. The second-order valence-corrected chi connectivity index (χ2v) is 6.85. The third-order valence-electron chi connectivity index (χ3n) is 4.39. The van der Waals surface area contributed by atoms with Crippen LogP contribution in [-0.2, 0) is 14.4 Å². The molecule has 22 heavy (non-hydrogen) atoms. The molecule has 7 heteroatoms. The number of amides is 2. The van der Waals surface area contributed by atoms with Gasteiger partial charge in [-0.2, -0.15) is 0 Å². The van der Waals surface area contributed by atoms with E-state index in [9.17, 15) is 14.4 Å². The van der Waals surface area contributed by atoms with Crippen molar-refractivity contribution in [2.24, 2.45) is 0 Å². The van der Waals surface area contributed by atoms with E-state index in [2.05, 4.69) is 0 Å². The van der Waals surface area contributed by atoms with E-state index < -0.39 is 5.97 Å². The predicted molar refractivity (Wildman–Crippen MR) is 84.5 cm³/mol. The molecule has 2 amide bonds. The normalized spacial score (nSPS) is 25.3. The molecule has 0 radical (unpaired) electrons. The standard InChI is InChI=1S/C15H24N2O4S/c1-2-13(18)17-10-22-9-12(17)15(21)16-8-4-3-5-11(16)6-7-14(19)20/h11-12H,2-10H2,1H3,(H,19,20). The minimum absolute atomic E-state index is 0.00142. The van der Waals surface area contributed by atoms with Crippen LogP contribution in [0.5, 0.6) is 0 Å². The van der Waals surface area contributed by atoms with E-state index in [0.29, 0.717) is 31.0 Å². The van der Waals surface area contributed by atoms with E-state index in [4.69, 9.17) is 5.11 Å². The van der Waals surface area contributed by atoms with E-state index in [1.54, 1.807) is 16.7 Å². The molecule has 2 aliphatic rings. The quantitative estimate of drug-likeness (QED) is 0.828. The van der Waals surface area contributed by atoms with Crippen LogP contribution in [0.4, 0.5) is 0 Å². The summed E-state index contributed by atoms with van der Waals surface area (Å²) in [6.45, 7) is 2.49. The molecule has 0 aromatic carbocycles. The fourth-order valence-corrected chi connectivity index (χ4v) is 4.34. The molecular formula is C15H24N2O4S. The van der Waals surface area contributed by atoms with E-state index in [-0.39, 0.29) is 30.3 Å². The Morgan fingerprint density at radius 2 is 2.00 bits per heavy atom. The van der Waals surface area contributed by atoms with Gasteiger partial charge in [0.25, 0.3) is 0 Å². The lowest BCUT2D eigenvalue weighted by atomic mass is 9.97. The molecule has 2 unspecified atom stereocenters. The van der Waals surface area contributed by atoms with Crippen LogP contribution in [-0.4, -0.2) is 62.9 Å². The number of piperidine rings is 1. The molecule has 2 fully saturated rings. The summed E-state index contributed by atoms with van der Waals surface area (Å²) in [7, 11) is 0. The van der Waals surface area contributed by atoms with Gasteiger partial charge in [0.2, 0.25) is 11.8 Å². The summed E-state index contributed by atoms with van der Waals surface area (Å²) < 4.78 is 0. The van der Waals surface area contributed by atoms with Crippen LogP contribution in [0.2, 0.25) is 0 Å². The van der Waals surface area contributed by atoms with E-state index in [0.717, 1.165) is 19.3 Å². The number of carbonyl (C=O) groups is 3. The second-order valence-electron chi connectivity index (χ2n) is 5.85.